The quantitative estimate of drug-likeness (QED) is 0.829. The van der Waals surface area contributed by atoms with Gasteiger partial charge in [-0.1, -0.05) is 24.3 Å². The number of esters is 1. The molecule has 1 aliphatic carbocycles. The summed E-state index contributed by atoms with van der Waals surface area (Å²) in [5.41, 5.74) is 1.79. The molecule has 1 saturated heterocycles. The highest BCUT2D eigenvalue weighted by Crippen LogP contribution is 2.29. The Morgan fingerprint density at radius 2 is 1.90 bits per heavy atom. The maximum Gasteiger partial charge on any atom is 0.318 e. The summed E-state index contributed by atoms with van der Waals surface area (Å²) in [4.78, 5) is 24.1. The summed E-state index contributed by atoms with van der Waals surface area (Å²) in [7, 11) is 1.36. The number of benzene rings is 1. The number of ether oxygens (including phenoxy) is 2. The average Bonchev–Trinajstić information content (AvgIpc) is 2.89. The molecule has 1 N–H and O–H groups in total. The predicted molar refractivity (Wildman–Crippen MR) is 75.6 cm³/mol. The van der Waals surface area contributed by atoms with Crippen LogP contribution in [-0.4, -0.2) is 38.7 Å². The molecule has 0 atom stereocenters. The SMILES string of the molecule is COC(=O)C1(CNC(=O)C2Cc3ccccc3C2)COC1. The van der Waals surface area contributed by atoms with E-state index in [1.54, 1.807) is 0 Å². The van der Waals surface area contributed by atoms with E-state index in [0.717, 1.165) is 12.8 Å². The van der Waals surface area contributed by atoms with E-state index in [1.165, 1.54) is 18.2 Å². The second kappa shape index (κ2) is 5.48. The van der Waals surface area contributed by atoms with Gasteiger partial charge in [0.25, 0.3) is 0 Å². The van der Waals surface area contributed by atoms with Gasteiger partial charge in [-0.05, 0) is 24.0 Å². The molecule has 2 aliphatic rings. The molecule has 1 aromatic carbocycles. The lowest BCUT2D eigenvalue weighted by Crippen LogP contribution is -2.56. The van der Waals surface area contributed by atoms with E-state index in [-0.39, 0.29) is 24.3 Å². The van der Waals surface area contributed by atoms with Crippen LogP contribution in [0.25, 0.3) is 0 Å². The zero-order chi connectivity index (χ0) is 14.9. The zero-order valence-electron chi connectivity index (χ0n) is 12.1. The normalized spacial score (nSPS) is 19.5. The molecule has 1 aliphatic heterocycles. The minimum absolute atomic E-state index is 0.00128. The lowest BCUT2D eigenvalue weighted by Gasteiger charge is -2.38. The topological polar surface area (TPSA) is 64.6 Å². The van der Waals surface area contributed by atoms with E-state index in [2.05, 4.69) is 17.4 Å². The molecule has 5 nitrogen and oxygen atoms in total. The third-order valence-corrected chi connectivity index (χ3v) is 4.40. The minimum Gasteiger partial charge on any atom is -0.468 e. The Labute approximate surface area is 123 Å². The maximum atomic E-state index is 12.3. The number of nitrogens with one attached hydrogen (secondary N) is 1. The number of carbonyl (C=O) groups excluding carboxylic acids is 2. The Kier molecular flexibility index (Phi) is 3.68. The van der Waals surface area contributed by atoms with Crippen molar-refractivity contribution in [2.75, 3.05) is 26.9 Å². The Hall–Kier alpha value is -1.88. The lowest BCUT2D eigenvalue weighted by molar-refractivity contribution is -0.182. The van der Waals surface area contributed by atoms with Crippen LogP contribution in [0.5, 0.6) is 0 Å². The van der Waals surface area contributed by atoms with Crippen LogP contribution in [-0.2, 0) is 31.9 Å². The Morgan fingerprint density at radius 1 is 1.29 bits per heavy atom. The van der Waals surface area contributed by atoms with Gasteiger partial charge in [-0.15, -0.1) is 0 Å². The molecule has 0 aromatic heterocycles. The van der Waals surface area contributed by atoms with Gasteiger partial charge in [-0.25, -0.2) is 0 Å². The molecule has 1 fully saturated rings. The first-order valence-corrected chi connectivity index (χ1v) is 7.15. The number of fused-ring (bicyclic) bond motifs is 1. The summed E-state index contributed by atoms with van der Waals surface area (Å²) in [5, 5.41) is 2.90. The van der Waals surface area contributed by atoms with Crippen LogP contribution in [0, 0.1) is 11.3 Å². The highest BCUT2D eigenvalue weighted by Gasteiger charge is 2.47. The molecule has 112 valence electrons. The van der Waals surface area contributed by atoms with Crippen molar-refractivity contribution < 1.29 is 19.1 Å². The molecule has 0 radical (unpaired) electrons. The van der Waals surface area contributed by atoms with Crippen LogP contribution in [0.2, 0.25) is 0 Å². The van der Waals surface area contributed by atoms with Crippen molar-refractivity contribution in [1.29, 1.82) is 0 Å². The van der Waals surface area contributed by atoms with E-state index >= 15 is 0 Å². The van der Waals surface area contributed by atoms with E-state index < -0.39 is 5.41 Å². The summed E-state index contributed by atoms with van der Waals surface area (Å²) >= 11 is 0. The maximum absolute atomic E-state index is 12.3. The van der Waals surface area contributed by atoms with Gasteiger partial charge in [0, 0.05) is 12.5 Å². The Balaban J connectivity index is 1.57. The molecule has 1 heterocycles. The summed E-state index contributed by atoms with van der Waals surface area (Å²) in [6.45, 7) is 0.904. The molecule has 3 rings (SSSR count). The van der Waals surface area contributed by atoms with Crippen molar-refractivity contribution in [2.45, 2.75) is 12.8 Å². The van der Waals surface area contributed by atoms with Crippen molar-refractivity contribution in [1.82, 2.24) is 5.32 Å². The summed E-state index contributed by atoms with van der Waals surface area (Å²) < 4.78 is 9.91. The van der Waals surface area contributed by atoms with Crippen LogP contribution >= 0.6 is 0 Å². The summed E-state index contributed by atoms with van der Waals surface area (Å²) in [6.07, 6.45) is 1.54. The standard InChI is InChI=1S/C16H19NO4/c1-20-15(19)16(9-21-10-16)8-17-14(18)13-6-11-4-2-3-5-12(11)7-13/h2-5,13H,6-10H2,1H3,(H,17,18). The fourth-order valence-corrected chi connectivity index (χ4v) is 3.00. The van der Waals surface area contributed by atoms with Crippen molar-refractivity contribution in [3.8, 4) is 0 Å². The van der Waals surface area contributed by atoms with Gasteiger partial charge in [0.15, 0.2) is 0 Å². The first-order valence-electron chi connectivity index (χ1n) is 7.15. The number of amides is 1. The molecule has 21 heavy (non-hydrogen) atoms. The molecular formula is C16H19NO4. The molecule has 1 aromatic rings. The highest BCUT2D eigenvalue weighted by atomic mass is 16.5. The van der Waals surface area contributed by atoms with Gasteiger partial charge in [0.2, 0.25) is 5.91 Å². The Bertz CT molecular complexity index is 540. The van der Waals surface area contributed by atoms with E-state index in [4.69, 9.17) is 9.47 Å². The van der Waals surface area contributed by atoms with Crippen molar-refractivity contribution >= 4 is 11.9 Å². The molecular weight excluding hydrogens is 270 g/mol. The van der Waals surface area contributed by atoms with Gasteiger partial charge in [-0.2, -0.15) is 0 Å². The van der Waals surface area contributed by atoms with Crippen LogP contribution in [0.15, 0.2) is 24.3 Å². The van der Waals surface area contributed by atoms with Gasteiger partial charge in [-0.3, -0.25) is 9.59 Å². The molecule has 0 bridgehead atoms. The summed E-state index contributed by atoms with van der Waals surface area (Å²) in [5.74, 6) is -0.358. The third kappa shape index (κ3) is 2.53. The Morgan fingerprint density at radius 3 is 2.38 bits per heavy atom. The molecule has 0 unspecified atom stereocenters. The molecule has 0 spiro atoms. The molecule has 5 heteroatoms. The summed E-state index contributed by atoms with van der Waals surface area (Å²) in [6, 6.07) is 8.13. The fraction of sp³-hybridized carbons (Fsp3) is 0.500. The number of carbonyl (C=O) groups is 2. The number of rotatable bonds is 4. The van der Waals surface area contributed by atoms with Gasteiger partial charge in [0.1, 0.15) is 5.41 Å². The first-order chi connectivity index (χ1) is 10.1. The number of hydrogen-bond acceptors (Lipinski definition) is 4. The van der Waals surface area contributed by atoms with E-state index in [1.807, 2.05) is 12.1 Å². The van der Waals surface area contributed by atoms with Crippen molar-refractivity contribution in [3.05, 3.63) is 35.4 Å². The second-order valence-electron chi connectivity index (χ2n) is 5.86. The average molecular weight is 289 g/mol. The zero-order valence-corrected chi connectivity index (χ0v) is 12.1. The second-order valence-corrected chi connectivity index (χ2v) is 5.86. The van der Waals surface area contributed by atoms with Crippen LogP contribution in [0.4, 0.5) is 0 Å². The number of methoxy groups -OCH3 is 1. The highest BCUT2D eigenvalue weighted by molar-refractivity contribution is 5.83. The first kappa shape index (κ1) is 14.1. The van der Waals surface area contributed by atoms with Gasteiger partial charge in [0.05, 0.1) is 20.3 Å². The molecule has 0 saturated carbocycles. The lowest BCUT2D eigenvalue weighted by atomic mass is 9.85. The van der Waals surface area contributed by atoms with Crippen molar-refractivity contribution in [3.63, 3.8) is 0 Å². The van der Waals surface area contributed by atoms with Crippen molar-refractivity contribution in [2.24, 2.45) is 11.3 Å². The molecule has 1 amide bonds. The van der Waals surface area contributed by atoms with Gasteiger partial charge >= 0.3 is 5.97 Å². The smallest absolute Gasteiger partial charge is 0.318 e. The van der Waals surface area contributed by atoms with Crippen LogP contribution < -0.4 is 5.32 Å². The third-order valence-electron chi connectivity index (χ3n) is 4.40. The minimum atomic E-state index is -0.699. The van der Waals surface area contributed by atoms with Crippen LogP contribution in [0.3, 0.4) is 0 Å². The number of hydrogen-bond donors (Lipinski definition) is 1. The predicted octanol–water partition coefficient (Wildman–Crippen LogP) is 0.707. The largest absolute Gasteiger partial charge is 0.468 e. The van der Waals surface area contributed by atoms with Gasteiger partial charge < -0.3 is 14.8 Å². The van der Waals surface area contributed by atoms with E-state index in [0.29, 0.717) is 13.2 Å². The van der Waals surface area contributed by atoms with E-state index in [9.17, 15) is 9.59 Å². The monoisotopic (exact) mass is 289 g/mol. The van der Waals surface area contributed by atoms with Crippen LogP contribution in [0.1, 0.15) is 11.1 Å². The fourth-order valence-electron chi connectivity index (χ4n) is 3.00.